The molecule has 21 heteroatoms. The summed E-state index contributed by atoms with van der Waals surface area (Å²) in [6, 6.07) is 7.77. The van der Waals surface area contributed by atoms with Crippen LogP contribution in [0.25, 0.3) is 0 Å². The van der Waals surface area contributed by atoms with Gasteiger partial charge in [0.25, 0.3) is 10.0 Å². The van der Waals surface area contributed by atoms with Crippen molar-refractivity contribution >= 4 is 40.5 Å². The van der Waals surface area contributed by atoms with Gasteiger partial charge in [-0.1, -0.05) is 81.6 Å². The summed E-state index contributed by atoms with van der Waals surface area (Å²) in [5.41, 5.74) is 0.944. The number of carbonyl (C=O) groups excluding carboxylic acids is 2. The average molecular weight is 1460 g/mol. The smallest absolute Gasteiger partial charge is 0.328 e. The van der Waals surface area contributed by atoms with Crippen molar-refractivity contribution in [3.8, 4) is 23.0 Å². The first-order valence-electron chi connectivity index (χ1n) is 32.5. The van der Waals surface area contributed by atoms with Crippen LogP contribution in [-0.2, 0) is 24.8 Å². The number of aliphatic hydroxyl groups excluding tert-OH is 3. The molecule has 476 valence electrons. The SMILES string of the molecule is CC[C@H]1[C@@H](O)[C@@H]2[C@H](CC[C@]3(C)[C@@H]([C@H](C)CN=C=O)CC[C@@H]23)[C@@]2(C)CC[C@@H](C)C[C@@H]12.CC[C@H]1[C@@H](O)[C@@H]2[C@H](CC[C@]3(C)[C@@H]([C@H](C)CNC(=O)NS(=O)(=O)c4ccc5c(c4)OCO5)CC[C@@H]23)[C@@]2(C)CC[C@@H](O)C[C@@H]12.NS(=O)(=O)c1ccc2c(c1)OCO2.[2H][B].[U]. The molecule has 17 nitrogen and oxygen atoms in total. The molecule has 8 fully saturated rings. The number of rotatable bonds is 11. The Kier molecular flexibility index (Phi) is 21.0. The second-order valence-corrected chi connectivity index (χ2v) is 32.2. The van der Waals surface area contributed by atoms with E-state index in [-0.39, 0.29) is 101 Å². The van der Waals surface area contributed by atoms with Crippen molar-refractivity contribution in [3.05, 3.63) is 36.4 Å². The minimum absolute atomic E-state index is 0. The number of fused-ring (bicyclic) bond motifs is 12. The van der Waals surface area contributed by atoms with Crippen LogP contribution in [0.3, 0.4) is 0 Å². The van der Waals surface area contributed by atoms with E-state index in [1.165, 1.54) is 81.3 Å². The summed E-state index contributed by atoms with van der Waals surface area (Å²) in [4.78, 5) is 27.3. The van der Waals surface area contributed by atoms with Crippen molar-refractivity contribution in [2.24, 2.45) is 121 Å². The third-order valence-corrected chi connectivity index (χ3v) is 27.4. The Labute approximate surface area is 539 Å². The number of amides is 2. The molecule has 0 bridgehead atoms. The van der Waals surface area contributed by atoms with Gasteiger partial charge in [0.05, 0.1) is 34.6 Å². The van der Waals surface area contributed by atoms with Gasteiger partial charge in [-0.3, -0.25) is 0 Å². The van der Waals surface area contributed by atoms with E-state index < -0.39 is 26.1 Å². The maximum Gasteiger partial charge on any atom is 0.328 e. The molecule has 0 unspecified atom stereocenters. The summed E-state index contributed by atoms with van der Waals surface area (Å²) in [5, 5.41) is 41.9. The van der Waals surface area contributed by atoms with Crippen molar-refractivity contribution in [1.82, 2.24) is 10.0 Å². The zero-order valence-electron chi connectivity index (χ0n) is 53.3. The molecule has 12 rings (SSSR count). The molecule has 0 spiro atoms. The first-order chi connectivity index (χ1) is 40.7. The Bertz CT molecular complexity index is 3020. The number of isocyanates is 1. The molecular weight excluding hydrogens is 1360 g/mol. The molecule has 8 aliphatic carbocycles. The van der Waals surface area contributed by atoms with E-state index in [2.05, 4.69) is 85.7 Å². The van der Waals surface area contributed by atoms with Gasteiger partial charge in [0, 0.05) is 58.2 Å². The number of aliphatic hydroxyl groups is 3. The molecule has 0 saturated heterocycles. The summed E-state index contributed by atoms with van der Waals surface area (Å²) in [5.74, 6) is 8.91. The van der Waals surface area contributed by atoms with Gasteiger partial charge in [-0.2, -0.15) is 0 Å². The summed E-state index contributed by atoms with van der Waals surface area (Å²) < 4.78 is 75.4. The van der Waals surface area contributed by atoms with Gasteiger partial charge in [0.15, 0.2) is 23.0 Å². The number of ether oxygens (including phenoxy) is 4. The van der Waals surface area contributed by atoms with Crippen LogP contribution in [0.15, 0.2) is 51.2 Å². The predicted molar refractivity (Wildman–Crippen MR) is 325 cm³/mol. The molecule has 2 aromatic rings. The van der Waals surface area contributed by atoms with Crippen molar-refractivity contribution in [1.29, 1.82) is 1.34 Å². The molecule has 86 heavy (non-hydrogen) atoms. The fourth-order valence-corrected chi connectivity index (χ4v) is 22.6. The van der Waals surface area contributed by atoms with Gasteiger partial charge in [-0.05, 0) is 220 Å². The Morgan fingerprint density at radius 3 is 1.64 bits per heavy atom. The van der Waals surface area contributed by atoms with Gasteiger partial charge >= 0.3 is 6.03 Å². The van der Waals surface area contributed by atoms with E-state index in [4.69, 9.17) is 25.4 Å². The summed E-state index contributed by atoms with van der Waals surface area (Å²) in [6.07, 6.45) is 19.3. The predicted octanol–water partition coefficient (Wildman–Crippen LogP) is 9.94. The zero-order chi connectivity index (χ0) is 62.5. The van der Waals surface area contributed by atoms with E-state index in [1.807, 2.05) is 0 Å². The minimum Gasteiger partial charge on any atom is -0.454 e. The first-order valence-corrected chi connectivity index (χ1v) is 35.0. The van der Waals surface area contributed by atoms with Crippen molar-refractivity contribution < 1.29 is 91.8 Å². The van der Waals surface area contributed by atoms with E-state index in [0.29, 0.717) is 112 Å². The number of hydrogen-bond acceptors (Lipinski definition) is 14. The molecule has 0 aromatic heterocycles. The number of benzene rings is 2. The van der Waals surface area contributed by atoms with Crippen molar-refractivity contribution in [2.75, 3.05) is 26.7 Å². The van der Waals surface area contributed by atoms with Gasteiger partial charge in [0.1, 0.15) is 0 Å². The van der Waals surface area contributed by atoms with Gasteiger partial charge < -0.3 is 39.6 Å². The van der Waals surface area contributed by atoms with E-state index >= 15 is 0 Å². The Morgan fingerprint density at radius 1 is 0.674 bits per heavy atom. The van der Waals surface area contributed by atoms with Crippen LogP contribution in [-0.4, -0.2) is 99.0 Å². The fourth-order valence-electron chi connectivity index (χ4n) is 21.1. The summed E-state index contributed by atoms with van der Waals surface area (Å²) in [6.45, 7) is 22.5. The number of sulfonamides is 2. The summed E-state index contributed by atoms with van der Waals surface area (Å²) in [7, 11) is -3.98. The number of aliphatic imine (C=N–C) groups is 1. The maximum absolute atomic E-state index is 12.8. The molecule has 2 amide bonds. The summed E-state index contributed by atoms with van der Waals surface area (Å²) >= 11 is 0. The standard InChI is InChI=1S/C32H48N2O7S.C26H43NO2.C7H7NO4S.BH.U/c1-5-21-25-14-19(35)10-12-32(25,4)24-11-13-31(3)22(7-8-23(31)28(24)29(21)36)18(2)16-33-30(37)34-42(38,39)20-6-9-26-27(15-20)41-17-40-26;1-6-18-22-13-16(2)9-11-26(22,5)21-10-12-25(4)19(17(3)14-27-15-28)7-8-20(25)23(21)24(18)29;8-13(9,10)5-1-2-6-7(3-5)12-4-11-6;;/h6,9,15,18-19,21-25,28-29,35-36H,5,7-8,10-14,16-17H2,1-4H3,(H2,33,34,37);16-24,29H,6-14H2,1-5H3;1-3H,4H2,(H2,8,9,10);1H;/t18-,19-,21-,22-,23+,24+,25+,28+,29-,31-,32-;16-,17-,18-,19-,20+,21+,22+,23+,24-,25-,26-;;;/m11.../s1/i;;;1D;. The topological polar surface area (TPSA) is 262 Å². The van der Waals surface area contributed by atoms with Crippen LogP contribution in [0.1, 0.15) is 165 Å². The Morgan fingerprint density at radius 2 is 1.13 bits per heavy atom. The molecule has 2 radical (unpaired) electrons. The monoisotopic (exact) mass is 1460 g/mol. The normalized spacial score (nSPS) is 40.2. The van der Waals surface area contributed by atoms with E-state index in [9.17, 15) is 41.7 Å². The average Bonchev–Trinajstić information content (AvgIpc) is 1.86. The van der Waals surface area contributed by atoms with Crippen LogP contribution >= 0.6 is 0 Å². The van der Waals surface area contributed by atoms with E-state index in [1.54, 1.807) is 6.08 Å². The third-order valence-electron chi connectivity index (χ3n) is 25.2. The number of nitrogens with two attached hydrogens (primary N) is 1. The number of primary sulfonamides is 1. The molecule has 2 heterocycles. The van der Waals surface area contributed by atoms with Crippen LogP contribution in [0.2, 0.25) is 0 Å². The number of urea groups is 1. The number of carbonyl (C=O) groups is 1. The quantitative estimate of drug-likeness (QED) is 0.0696. The van der Waals surface area contributed by atoms with Crippen LogP contribution in [0, 0.1) is 142 Å². The Hall–Kier alpha value is -2.85. The van der Waals surface area contributed by atoms with Crippen LogP contribution < -0.4 is 34.1 Å². The first kappa shape index (κ1) is 67.5. The molecule has 2 aromatic carbocycles. The molecule has 8 saturated carbocycles. The third kappa shape index (κ3) is 12.6. The van der Waals surface area contributed by atoms with Gasteiger partial charge in [-0.25, -0.2) is 41.3 Å². The molecular formula is C65H99BN4O13S2U. The second kappa shape index (κ2) is 26.8. The number of hydrogen-bond donors (Lipinski definition) is 6. The molecule has 10 aliphatic rings. The van der Waals surface area contributed by atoms with Crippen LogP contribution in [0.5, 0.6) is 23.0 Å². The second-order valence-electron chi connectivity index (χ2n) is 29.0. The minimum atomic E-state index is -4.07. The number of nitrogens with zero attached hydrogens (tertiary/aromatic N) is 1. The molecule has 2 aliphatic heterocycles. The zero-order valence-corrected chi connectivity index (χ0v) is 58.1. The van der Waals surface area contributed by atoms with E-state index in [0.717, 1.165) is 63.7 Å². The van der Waals surface area contributed by atoms with Crippen molar-refractivity contribution in [3.63, 3.8) is 0 Å². The fraction of sp³-hybridized carbons (Fsp3) is 0.785. The Balaban J connectivity index is 0.000000188. The largest absolute Gasteiger partial charge is 0.454 e. The van der Waals surface area contributed by atoms with Crippen LogP contribution in [0.4, 0.5) is 4.79 Å². The molecule has 22 atom stereocenters. The van der Waals surface area contributed by atoms with Gasteiger partial charge in [-0.15, -0.1) is 0 Å². The van der Waals surface area contributed by atoms with Gasteiger partial charge in [0.2, 0.25) is 29.7 Å². The maximum atomic E-state index is 12.8. The number of nitrogens with one attached hydrogen (secondary N) is 2. The van der Waals surface area contributed by atoms with Crippen molar-refractivity contribution in [2.45, 2.75) is 193 Å². The molecule has 7 N–H and O–H groups in total.